The smallest absolute Gasteiger partial charge is 0.262 e. The van der Waals surface area contributed by atoms with Crippen molar-refractivity contribution in [2.75, 3.05) is 11.9 Å². The first-order valence-electron chi connectivity index (χ1n) is 6.52. The molecule has 0 fully saturated rings. The number of ether oxygens (including phenoxy) is 1. The summed E-state index contributed by atoms with van der Waals surface area (Å²) in [5.74, 6) is -4.58. The van der Waals surface area contributed by atoms with E-state index in [-0.39, 0.29) is 6.61 Å². The molecule has 3 nitrogen and oxygen atoms in total. The molecule has 1 N–H and O–H groups in total. The van der Waals surface area contributed by atoms with Gasteiger partial charge in [0.05, 0.1) is 5.69 Å². The average Bonchev–Trinajstić information content (AvgIpc) is 2.49. The Morgan fingerprint density at radius 2 is 1.77 bits per heavy atom. The molecule has 0 unspecified atom stereocenters. The SMILES string of the molecule is Cc1ccc(OCC(=O)Nc2ccc(F)c(F)c2F)cc1C. The van der Waals surface area contributed by atoms with Crippen LogP contribution in [-0.2, 0) is 4.79 Å². The van der Waals surface area contributed by atoms with Gasteiger partial charge in [-0.15, -0.1) is 0 Å². The third-order valence-corrected chi connectivity index (χ3v) is 3.16. The number of hydrogen-bond donors (Lipinski definition) is 1. The zero-order valence-electron chi connectivity index (χ0n) is 12.0. The monoisotopic (exact) mass is 309 g/mol. The fraction of sp³-hybridized carbons (Fsp3) is 0.188. The van der Waals surface area contributed by atoms with Crippen molar-refractivity contribution in [2.24, 2.45) is 0 Å². The molecule has 0 aliphatic rings. The molecule has 6 heteroatoms. The van der Waals surface area contributed by atoms with E-state index in [4.69, 9.17) is 4.74 Å². The summed E-state index contributed by atoms with van der Waals surface area (Å²) < 4.78 is 44.5. The van der Waals surface area contributed by atoms with E-state index in [0.717, 1.165) is 23.3 Å². The van der Waals surface area contributed by atoms with Crippen molar-refractivity contribution >= 4 is 11.6 Å². The van der Waals surface area contributed by atoms with Crippen LogP contribution in [0.4, 0.5) is 18.9 Å². The molecule has 0 aliphatic carbocycles. The summed E-state index contributed by atoms with van der Waals surface area (Å²) >= 11 is 0. The Balaban J connectivity index is 1.99. The molecule has 2 aromatic carbocycles. The van der Waals surface area contributed by atoms with Gasteiger partial charge in [0.15, 0.2) is 24.1 Å². The second-order valence-corrected chi connectivity index (χ2v) is 4.81. The van der Waals surface area contributed by atoms with Gasteiger partial charge < -0.3 is 10.1 Å². The minimum Gasteiger partial charge on any atom is -0.484 e. The van der Waals surface area contributed by atoms with Gasteiger partial charge in [0.25, 0.3) is 5.91 Å². The largest absolute Gasteiger partial charge is 0.484 e. The van der Waals surface area contributed by atoms with Crippen LogP contribution in [-0.4, -0.2) is 12.5 Å². The highest BCUT2D eigenvalue weighted by atomic mass is 19.2. The Bertz CT molecular complexity index is 717. The number of amides is 1. The highest BCUT2D eigenvalue weighted by Crippen LogP contribution is 2.20. The fourth-order valence-corrected chi connectivity index (χ4v) is 1.76. The van der Waals surface area contributed by atoms with Crippen LogP contribution < -0.4 is 10.1 Å². The van der Waals surface area contributed by atoms with Gasteiger partial charge >= 0.3 is 0 Å². The number of halogens is 3. The highest BCUT2D eigenvalue weighted by molar-refractivity contribution is 5.92. The molecule has 0 atom stereocenters. The molecule has 0 heterocycles. The number of nitrogens with one attached hydrogen (secondary N) is 1. The maximum absolute atomic E-state index is 13.4. The van der Waals surface area contributed by atoms with E-state index in [0.29, 0.717) is 5.75 Å². The Kier molecular flexibility index (Phi) is 4.70. The van der Waals surface area contributed by atoms with Crippen molar-refractivity contribution in [1.29, 1.82) is 0 Å². The Labute approximate surface area is 125 Å². The van der Waals surface area contributed by atoms with Crippen LogP contribution in [0.25, 0.3) is 0 Å². The van der Waals surface area contributed by atoms with Crippen LogP contribution in [0, 0.1) is 31.3 Å². The molecule has 2 aromatic rings. The molecular formula is C16H14F3NO2. The molecule has 0 radical (unpaired) electrons. The van der Waals surface area contributed by atoms with Gasteiger partial charge in [-0.25, -0.2) is 13.2 Å². The van der Waals surface area contributed by atoms with Gasteiger partial charge in [-0.3, -0.25) is 4.79 Å². The predicted octanol–water partition coefficient (Wildman–Crippen LogP) is 3.74. The first kappa shape index (κ1) is 15.9. The minimum absolute atomic E-state index is 0.374. The normalized spacial score (nSPS) is 10.4. The lowest BCUT2D eigenvalue weighted by Crippen LogP contribution is -2.21. The molecular weight excluding hydrogens is 295 g/mol. The number of anilines is 1. The summed E-state index contributed by atoms with van der Waals surface area (Å²) in [6.07, 6.45) is 0. The van der Waals surface area contributed by atoms with Crippen molar-refractivity contribution in [2.45, 2.75) is 13.8 Å². The second kappa shape index (κ2) is 6.51. The number of carbonyl (C=O) groups excluding carboxylic acids is 1. The third-order valence-electron chi connectivity index (χ3n) is 3.16. The predicted molar refractivity (Wildman–Crippen MR) is 76.4 cm³/mol. The maximum Gasteiger partial charge on any atom is 0.262 e. The van der Waals surface area contributed by atoms with Crippen LogP contribution in [0.5, 0.6) is 5.75 Å². The molecule has 2 rings (SSSR count). The molecule has 0 saturated heterocycles. The number of carbonyl (C=O) groups is 1. The summed E-state index contributed by atoms with van der Waals surface area (Å²) in [6.45, 7) is 3.47. The lowest BCUT2D eigenvalue weighted by atomic mass is 10.1. The van der Waals surface area contributed by atoms with E-state index < -0.39 is 29.0 Å². The van der Waals surface area contributed by atoms with Crippen molar-refractivity contribution in [1.82, 2.24) is 0 Å². The topological polar surface area (TPSA) is 38.3 Å². The van der Waals surface area contributed by atoms with Gasteiger partial charge in [0, 0.05) is 0 Å². The zero-order chi connectivity index (χ0) is 16.3. The molecule has 0 aliphatic heterocycles. The number of aryl methyl sites for hydroxylation is 2. The van der Waals surface area contributed by atoms with Gasteiger partial charge in [-0.05, 0) is 49.2 Å². The van der Waals surface area contributed by atoms with Crippen LogP contribution in [0.2, 0.25) is 0 Å². The summed E-state index contributed by atoms with van der Waals surface area (Å²) in [4.78, 5) is 11.7. The molecule has 22 heavy (non-hydrogen) atoms. The van der Waals surface area contributed by atoms with Gasteiger partial charge in [0.2, 0.25) is 0 Å². The van der Waals surface area contributed by atoms with Gasteiger partial charge in [-0.2, -0.15) is 0 Å². The summed E-state index contributed by atoms with van der Waals surface area (Å²) in [7, 11) is 0. The quantitative estimate of drug-likeness (QED) is 0.874. The first-order chi connectivity index (χ1) is 10.4. The molecule has 0 aromatic heterocycles. The maximum atomic E-state index is 13.4. The molecule has 116 valence electrons. The van der Waals surface area contributed by atoms with Crippen molar-refractivity contribution in [3.63, 3.8) is 0 Å². The van der Waals surface area contributed by atoms with E-state index in [9.17, 15) is 18.0 Å². The second-order valence-electron chi connectivity index (χ2n) is 4.81. The van der Waals surface area contributed by atoms with Crippen molar-refractivity contribution in [3.05, 3.63) is 58.9 Å². The van der Waals surface area contributed by atoms with Gasteiger partial charge in [-0.1, -0.05) is 6.07 Å². The van der Waals surface area contributed by atoms with Crippen molar-refractivity contribution < 1.29 is 22.7 Å². The van der Waals surface area contributed by atoms with Crippen LogP contribution in [0.15, 0.2) is 30.3 Å². The van der Waals surface area contributed by atoms with Crippen LogP contribution in [0.3, 0.4) is 0 Å². The summed E-state index contributed by atoms with van der Waals surface area (Å²) in [6, 6.07) is 6.99. The van der Waals surface area contributed by atoms with E-state index in [1.165, 1.54) is 0 Å². The molecule has 0 spiro atoms. The van der Waals surface area contributed by atoms with E-state index in [1.807, 2.05) is 19.9 Å². The minimum atomic E-state index is -1.63. The van der Waals surface area contributed by atoms with Gasteiger partial charge in [0.1, 0.15) is 5.75 Å². The standard InChI is InChI=1S/C16H14F3NO2/c1-9-3-4-11(7-10(9)2)22-8-14(21)20-13-6-5-12(17)15(18)16(13)19/h3-7H,8H2,1-2H3,(H,20,21). The molecule has 0 saturated carbocycles. The fourth-order valence-electron chi connectivity index (χ4n) is 1.76. The van der Waals surface area contributed by atoms with Crippen LogP contribution >= 0.6 is 0 Å². The van der Waals surface area contributed by atoms with Crippen molar-refractivity contribution in [3.8, 4) is 5.75 Å². The molecule has 1 amide bonds. The summed E-state index contributed by atoms with van der Waals surface area (Å²) in [5.41, 5.74) is 1.65. The molecule has 0 bridgehead atoms. The van der Waals surface area contributed by atoms with E-state index >= 15 is 0 Å². The third kappa shape index (κ3) is 3.58. The lowest BCUT2D eigenvalue weighted by Gasteiger charge is -2.10. The average molecular weight is 309 g/mol. The Morgan fingerprint density at radius 3 is 2.45 bits per heavy atom. The number of rotatable bonds is 4. The number of hydrogen-bond acceptors (Lipinski definition) is 2. The Morgan fingerprint density at radius 1 is 1.05 bits per heavy atom. The summed E-state index contributed by atoms with van der Waals surface area (Å²) in [5, 5.41) is 2.13. The Hall–Kier alpha value is -2.50. The highest BCUT2D eigenvalue weighted by Gasteiger charge is 2.15. The lowest BCUT2D eigenvalue weighted by molar-refractivity contribution is -0.118. The van der Waals surface area contributed by atoms with Crippen LogP contribution in [0.1, 0.15) is 11.1 Å². The zero-order valence-corrected chi connectivity index (χ0v) is 12.0. The van der Waals surface area contributed by atoms with E-state index in [2.05, 4.69) is 5.32 Å². The van der Waals surface area contributed by atoms with E-state index in [1.54, 1.807) is 12.1 Å². The first-order valence-corrected chi connectivity index (χ1v) is 6.52. The number of benzene rings is 2.